The third kappa shape index (κ3) is 6.09. The van der Waals surface area contributed by atoms with Gasteiger partial charge in [0.15, 0.2) is 0 Å². The van der Waals surface area contributed by atoms with Crippen molar-refractivity contribution in [3.05, 3.63) is 63.8 Å². The van der Waals surface area contributed by atoms with Gasteiger partial charge in [0.25, 0.3) is 5.91 Å². The van der Waals surface area contributed by atoms with Crippen molar-refractivity contribution in [2.24, 2.45) is 0 Å². The van der Waals surface area contributed by atoms with Crippen LogP contribution in [-0.2, 0) is 6.54 Å². The Morgan fingerprint density at radius 3 is 2.49 bits per heavy atom. The topological polar surface area (TPSA) is 146 Å². The number of aromatic nitrogens is 2. The SMILES string of the molecule is CN(Cc1cc(Nc2ncc3c(n2)N(C)CN(c2c(Cl)cccc2Cl)C3=O)ccc1N1CCS(O)(O)CC1)C(=O)O. The van der Waals surface area contributed by atoms with Crippen LogP contribution in [0.3, 0.4) is 0 Å². The zero-order valence-corrected chi connectivity index (χ0v) is 24.6. The van der Waals surface area contributed by atoms with E-state index >= 15 is 0 Å². The van der Waals surface area contributed by atoms with E-state index in [0.717, 1.165) is 11.3 Å². The van der Waals surface area contributed by atoms with Crippen molar-refractivity contribution in [1.82, 2.24) is 14.9 Å². The summed E-state index contributed by atoms with van der Waals surface area (Å²) in [7, 11) is 0.697. The number of para-hydroxylation sites is 1. The average molecular weight is 623 g/mol. The highest BCUT2D eigenvalue weighted by Gasteiger charge is 2.33. The van der Waals surface area contributed by atoms with Crippen LogP contribution in [0.25, 0.3) is 0 Å². The minimum Gasteiger partial charge on any atom is -0.465 e. The fraction of sp³-hybridized carbons (Fsp3) is 0.308. The van der Waals surface area contributed by atoms with Crippen molar-refractivity contribution in [3.8, 4) is 0 Å². The fourth-order valence-electron chi connectivity index (χ4n) is 4.80. The number of amides is 2. The number of carbonyl (C=O) groups is 2. The van der Waals surface area contributed by atoms with Crippen molar-refractivity contribution < 1.29 is 23.8 Å². The summed E-state index contributed by atoms with van der Waals surface area (Å²) >= 11 is 12.7. The number of rotatable bonds is 6. The van der Waals surface area contributed by atoms with E-state index in [0.29, 0.717) is 40.3 Å². The van der Waals surface area contributed by atoms with E-state index in [2.05, 4.69) is 15.3 Å². The van der Waals surface area contributed by atoms with E-state index in [9.17, 15) is 23.8 Å². The van der Waals surface area contributed by atoms with Crippen LogP contribution in [0.15, 0.2) is 42.6 Å². The van der Waals surface area contributed by atoms with Crippen LogP contribution < -0.4 is 20.0 Å². The molecular weight excluding hydrogens is 593 g/mol. The van der Waals surface area contributed by atoms with E-state index < -0.39 is 16.7 Å². The molecule has 1 saturated heterocycles. The van der Waals surface area contributed by atoms with Crippen molar-refractivity contribution in [2.75, 3.05) is 65.4 Å². The maximum atomic E-state index is 13.4. The first-order chi connectivity index (χ1) is 19.4. The Bertz CT molecular complexity index is 1480. The van der Waals surface area contributed by atoms with Gasteiger partial charge >= 0.3 is 6.09 Å². The summed E-state index contributed by atoms with van der Waals surface area (Å²) in [6.07, 6.45) is 0.375. The first-order valence-corrected chi connectivity index (χ1v) is 15.2. The number of hydrogen-bond donors (Lipinski definition) is 4. The number of nitrogens with zero attached hydrogens (tertiary/aromatic N) is 6. The molecule has 0 saturated carbocycles. The summed E-state index contributed by atoms with van der Waals surface area (Å²) in [5.74, 6) is 0.875. The Labute approximate surface area is 248 Å². The normalized spacial score (nSPS) is 17.2. The van der Waals surface area contributed by atoms with Crippen LogP contribution in [-0.4, -0.2) is 86.4 Å². The van der Waals surface area contributed by atoms with Gasteiger partial charge in [0, 0.05) is 44.8 Å². The molecule has 1 aromatic heterocycles. The summed E-state index contributed by atoms with van der Waals surface area (Å²) in [6, 6.07) is 10.6. The molecule has 2 amide bonds. The molecular formula is C26H29Cl2N7O5S. The van der Waals surface area contributed by atoms with Crippen molar-refractivity contribution in [3.63, 3.8) is 0 Å². The molecule has 0 spiro atoms. The van der Waals surface area contributed by atoms with E-state index in [1.165, 1.54) is 23.0 Å². The van der Waals surface area contributed by atoms with Gasteiger partial charge in [-0.05, 0) is 35.9 Å². The molecule has 15 heteroatoms. The number of hydrogen-bond acceptors (Lipinski definition) is 9. The predicted octanol–water partition coefficient (Wildman–Crippen LogP) is 5.26. The molecule has 2 aromatic carbocycles. The Morgan fingerprint density at radius 2 is 1.83 bits per heavy atom. The van der Waals surface area contributed by atoms with Gasteiger partial charge < -0.3 is 25.1 Å². The molecule has 0 bridgehead atoms. The second kappa shape index (κ2) is 11.4. The van der Waals surface area contributed by atoms with Crippen LogP contribution in [0, 0.1) is 0 Å². The molecule has 0 aliphatic carbocycles. The highest BCUT2D eigenvalue weighted by atomic mass is 35.5. The largest absolute Gasteiger partial charge is 0.465 e. The molecule has 0 radical (unpaired) electrons. The standard InChI is InChI=1S/C26H29Cl2N7O5S/c1-32(26(37)38)14-16-12-17(6-7-21(16)34-8-10-41(39,40)11-9-34)30-25-29-13-18-23(31-25)33(2)15-35(24(18)36)22-19(27)4-3-5-20(22)28/h3-7,12-13,39-40H,8-11,14-15H2,1-2H3,(H,37,38)(H,29,30,31). The number of halogens is 2. The average Bonchev–Trinajstić information content (AvgIpc) is 2.91. The van der Waals surface area contributed by atoms with Crippen LogP contribution in [0.4, 0.5) is 33.6 Å². The van der Waals surface area contributed by atoms with Crippen LogP contribution in [0.1, 0.15) is 15.9 Å². The molecule has 4 N–H and O–H groups in total. The summed E-state index contributed by atoms with van der Waals surface area (Å²) < 4.78 is 20.0. The third-order valence-electron chi connectivity index (χ3n) is 6.95. The van der Waals surface area contributed by atoms with Gasteiger partial charge in [-0.2, -0.15) is 15.6 Å². The van der Waals surface area contributed by atoms with Crippen LogP contribution in [0.5, 0.6) is 0 Å². The third-order valence-corrected chi connectivity index (χ3v) is 9.24. The highest BCUT2D eigenvalue weighted by molar-refractivity contribution is 8.24. The van der Waals surface area contributed by atoms with Gasteiger partial charge in [-0.3, -0.25) is 18.8 Å². The Hall–Kier alpha value is -3.49. The number of anilines is 5. The Kier molecular flexibility index (Phi) is 8.08. The first kappa shape index (κ1) is 29.0. The molecule has 12 nitrogen and oxygen atoms in total. The number of fused-ring (bicyclic) bond motifs is 1. The molecule has 41 heavy (non-hydrogen) atoms. The number of carboxylic acid groups (broad SMARTS) is 1. The highest BCUT2D eigenvalue weighted by Crippen LogP contribution is 2.42. The summed E-state index contributed by atoms with van der Waals surface area (Å²) in [6.45, 7) is 1.19. The first-order valence-electron chi connectivity index (χ1n) is 12.6. The zero-order valence-electron chi connectivity index (χ0n) is 22.3. The Balaban J connectivity index is 1.41. The molecule has 218 valence electrons. The lowest BCUT2D eigenvalue weighted by Gasteiger charge is -2.42. The van der Waals surface area contributed by atoms with Gasteiger partial charge in [0.05, 0.1) is 40.5 Å². The van der Waals surface area contributed by atoms with Crippen LogP contribution in [0.2, 0.25) is 10.0 Å². The molecule has 1 fully saturated rings. The Morgan fingerprint density at radius 1 is 1.15 bits per heavy atom. The van der Waals surface area contributed by atoms with Crippen molar-refractivity contribution in [1.29, 1.82) is 0 Å². The molecule has 2 aliphatic rings. The molecule has 3 aromatic rings. The monoisotopic (exact) mass is 621 g/mol. The van der Waals surface area contributed by atoms with E-state index in [1.54, 1.807) is 30.1 Å². The maximum absolute atomic E-state index is 13.4. The van der Waals surface area contributed by atoms with Crippen molar-refractivity contribution >= 4 is 74.6 Å². The fourth-order valence-corrected chi connectivity index (χ4v) is 6.63. The zero-order chi connectivity index (χ0) is 29.5. The van der Waals surface area contributed by atoms with E-state index in [-0.39, 0.29) is 42.1 Å². The smallest absolute Gasteiger partial charge is 0.407 e. The van der Waals surface area contributed by atoms with Gasteiger partial charge in [-0.1, -0.05) is 29.3 Å². The van der Waals surface area contributed by atoms with E-state index in [4.69, 9.17) is 23.2 Å². The quantitative estimate of drug-likeness (QED) is 0.287. The minimum absolute atomic E-state index is 0.121. The number of carbonyl (C=O) groups excluding carboxylic acids is 1. The molecule has 0 atom stereocenters. The molecule has 0 unspecified atom stereocenters. The minimum atomic E-state index is -2.58. The van der Waals surface area contributed by atoms with Gasteiger partial charge in [0.1, 0.15) is 11.4 Å². The molecule has 2 aliphatic heterocycles. The maximum Gasteiger partial charge on any atom is 0.407 e. The van der Waals surface area contributed by atoms with Crippen molar-refractivity contribution in [2.45, 2.75) is 6.54 Å². The number of benzene rings is 2. The summed E-state index contributed by atoms with van der Waals surface area (Å²) in [5, 5.41) is 13.3. The predicted molar refractivity (Wildman–Crippen MR) is 163 cm³/mol. The van der Waals surface area contributed by atoms with Gasteiger partial charge in [0.2, 0.25) is 5.95 Å². The molecule has 3 heterocycles. The lowest BCUT2D eigenvalue weighted by Crippen LogP contribution is -2.46. The number of nitrogens with one attached hydrogen (secondary N) is 1. The summed E-state index contributed by atoms with van der Waals surface area (Å²) in [5.41, 5.74) is 2.87. The molecule has 5 rings (SSSR count). The summed E-state index contributed by atoms with van der Waals surface area (Å²) in [4.78, 5) is 40.3. The van der Waals surface area contributed by atoms with E-state index in [1.807, 2.05) is 23.1 Å². The lowest BCUT2D eigenvalue weighted by molar-refractivity contribution is 0.0982. The second-order valence-corrected chi connectivity index (χ2v) is 13.1. The van der Waals surface area contributed by atoms with Gasteiger partial charge in [-0.15, -0.1) is 0 Å². The lowest BCUT2D eigenvalue weighted by atomic mass is 10.1. The van der Waals surface area contributed by atoms with Crippen LogP contribution >= 0.6 is 33.8 Å². The second-order valence-electron chi connectivity index (χ2n) is 9.88. The van der Waals surface area contributed by atoms with Gasteiger partial charge in [-0.25, -0.2) is 9.78 Å².